The number of halogens is 3. The van der Waals surface area contributed by atoms with Crippen molar-refractivity contribution in [3.63, 3.8) is 0 Å². The number of benzene rings is 1. The van der Waals surface area contributed by atoms with Gasteiger partial charge in [0.15, 0.2) is 5.69 Å². The highest BCUT2D eigenvalue weighted by Crippen LogP contribution is 2.41. The van der Waals surface area contributed by atoms with Gasteiger partial charge < -0.3 is 25.4 Å². The minimum Gasteiger partial charge on any atom is -0.492 e. The number of rotatable bonds is 10. The summed E-state index contributed by atoms with van der Waals surface area (Å²) in [7, 11) is 1.83. The van der Waals surface area contributed by atoms with Crippen molar-refractivity contribution >= 4 is 11.6 Å². The van der Waals surface area contributed by atoms with E-state index >= 15 is 0 Å². The summed E-state index contributed by atoms with van der Waals surface area (Å²) < 4.78 is 47.8. The topological polar surface area (TPSA) is 129 Å². The van der Waals surface area contributed by atoms with Gasteiger partial charge in [-0.25, -0.2) is 4.98 Å². The zero-order valence-electron chi connectivity index (χ0n) is 23.7. The number of carbonyl (C=O) groups is 1. The summed E-state index contributed by atoms with van der Waals surface area (Å²) in [6.45, 7) is 5.11. The fourth-order valence-corrected chi connectivity index (χ4v) is 5.15. The first kappa shape index (κ1) is 30.7. The second kappa shape index (κ2) is 12.8. The number of hydrogen-bond acceptors (Lipinski definition) is 8. The molecular formula is C30H33F3N6O3. The zero-order valence-corrected chi connectivity index (χ0v) is 23.7. The molecule has 0 saturated heterocycles. The van der Waals surface area contributed by atoms with Gasteiger partial charge in [0.1, 0.15) is 17.4 Å². The number of aliphatic hydroxyl groups excluding tert-OH is 1. The number of nitrogens with two attached hydrogens (primary N) is 1. The van der Waals surface area contributed by atoms with E-state index < -0.39 is 17.9 Å². The third-order valence-corrected chi connectivity index (χ3v) is 7.34. The molecule has 0 fully saturated rings. The van der Waals surface area contributed by atoms with Gasteiger partial charge in [0.25, 0.3) is 5.91 Å². The summed E-state index contributed by atoms with van der Waals surface area (Å²) in [6.07, 6.45) is -1.62. The molecule has 0 aliphatic carbocycles. The van der Waals surface area contributed by atoms with Gasteiger partial charge in [-0.3, -0.25) is 9.78 Å². The van der Waals surface area contributed by atoms with Crippen LogP contribution in [0.4, 0.5) is 18.9 Å². The van der Waals surface area contributed by atoms with Crippen molar-refractivity contribution in [2.75, 3.05) is 45.6 Å². The maximum Gasteiger partial charge on any atom is 0.433 e. The highest BCUT2D eigenvalue weighted by molar-refractivity contribution is 5.99. The van der Waals surface area contributed by atoms with Crippen LogP contribution in [0.1, 0.15) is 58.3 Å². The first-order valence-electron chi connectivity index (χ1n) is 13.6. The molecule has 0 radical (unpaired) electrons. The van der Waals surface area contributed by atoms with Crippen LogP contribution in [0, 0.1) is 11.3 Å². The largest absolute Gasteiger partial charge is 0.492 e. The maximum absolute atomic E-state index is 14.1. The lowest BCUT2D eigenvalue weighted by atomic mass is 9.86. The lowest BCUT2D eigenvalue weighted by Crippen LogP contribution is -2.40. The Labute approximate surface area is 242 Å². The number of likely N-dealkylation sites (N-methyl/N-ethyl adjacent to an activating group) is 1. The molecule has 0 unspecified atom stereocenters. The molecular weight excluding hydrogens is 549 g/mol. The number of fused-ring (bicyclic) bond motifs is 1. The SMILES string of the molecule is CCOc1cc([C@H](C)N2CCc3c(cc(CCN(C)CCO)cc3-c3cc(N)cnc3C(F)(F)F)C2=O)ncc1C#N. The molecule has 9 nitrogen and oxygen atoms in total. The Bertz CT molecular complexity index is 1500. The van der Waals surface area contributed by atoms with Gasteiger partial charge in [0.05, 0.1) is 36.8 Å². The quantitative estimate of drug-likeness (QED) is 0.363. The van der Waals surface area contributed by atoms with E-state index in [1.165, 1.54) is 12.3 Å². The predicted octanol–water partition coefficient (Wildman–Crippen LogP) is 4.24. The average Bonchev–Trinajstić information content (AvgIpc) is 2.95. The number of aromatic nitrogens is 2. The third kappa shape index (κ3) is 6.48. The Morgan fingerprint density at radius 2 is 1.90 bits per heavy atom. The molecule has 1 atom stereocenters. The Kier molecular flexibility index (Phi) is 9.33. The fourth-order valence-electron chi connectivity index (χ4n) is 5.15. The van der Waals surface area contributed by atoms with Crippen LogP contribution in [-0.2, 0) is 19.0 Å². The molecule has 42 heavy (non-hydrogen) atoms. The third-order valence-electron chi connectivity index (χ3n) is 7.34. The molecule has 0 spiro atoms. The lowest BCUT2D eigenvalue weighted by molar-refractivity contribution is -0.140. The maximum atomic E-state index is 14.1. The van der Waals surface area contributed by atoms with Crippen molar-refractivity contribution in [3.05, 3.63) is 70.3 Å². The first-order valence-corrected chi connectivity index (χ1v) is 13.6. The van der Waals surface area contributed by atoms with Crippen LogP contribution in [0.25, 0.3) is 11.1 Å². The number of ether oxygens (including phenoxy) is 1. The highest BCUT2D eigenvalue weighted by Gasteiger charge is 2.38. The number of hydrogen-bond donors (Lipinski definition) is 2. The van der Waals surface area contributed by atoms with Crippen molar-refractivity contribution in [1.82, 2.24) is 19.8 Å². The van der Waals surface area contributed by atoms with Crippen molar-refractivity contribution in [2.24, 2.45) is 0 Å². The molecule has 222 valence electrons. The van der Waals surface area contributed by atoms with Crippen LogP contribution in [0.3, 0.4) is 0 Å². The number of carbonyl (C=O) groups excluding carboxylic acids is 1. The van der Waals surface area contributed by atoms with Crippen LogP contribution >= 0.6 is 0 Å². The van der Waals surface area contributed by atoms with E-state index in [1.54, 1.807) is 30.0 Å². The van der Waals surface area contributed by atoms with E-state index in [4.69, 9.17) is 10.5 Å². The van der Waals surface area contributed by atoms with E-state index in [0.717, 1.165) is 6.20 Å². The van der Waals surface area contributed by atoms with Gasteiger partial charge in [0, 0.05) is 43.0 Å². The molecule has 3 N–H and O–H groups in total. The van der Waals surface area contributed by atoms with E-state index in [2.05, 4.69) is 9.97 Å². The Balaban J connectivity index is 1.80. The number of pyridine rings is 2. The lowest BCUT2D eigenvalue weighted by Gasteiger charge is -2.35. The van der Waals surface area contributed by atoms with Crippen molar-refractivity contribution in [1.29, 1.82) is 5.26 Å². The standard InChI is InChI=1S/C30H33F3N6O3/c1-4-42-27-14-26(36-16-20(27)15-34)18(2)39-8-6-22-23(24-13-21(35)17-37-28(24)30(31,32)33)11-19(12-25(22)29(39)41)5-7-38(3)9-10-40/h11-14,16-18,40H,4-10,35H2,1-3H3/t18-/m0/s1. The number of nitrogen functional groups attached to an aromatic ring is 1. The highest BCUT2D eigenvalue weighted by atomic mass is 19.4. The van der Waals surface area contributed by atoms with Gasteiger partial charge in [-0.05, 0) is 62.6 Å². The molecule has 0 saturated carbocycles. The van der Waals surface area contributed by atoms with Crippen molar-refractivity contribution in [2.45, 2.75) is 38.9 Å². The number of anilines is 1. The summed E-state index contributed by atoms with van der Waals surface area (Å²) in [4.78, 5) is 25.5. The summed E-state index contributed by atoms with van der Waals surface area (Å²) in [5.74, 6) is 0.0252. The second-order valence-electron chi connectivity index (χ2n) is 10.2. The smallest absolute Gasteiger partial charge is 0.433 e. The monoisotopic (exact) mass is 582 g/mol. The first-order chi connectivity index (χ1) is 20.0. The second-order valence-corrected chi connectivity index (χ2v) is 10.2. The van der Waals surface area contributed by atoms with Crippen LogP contribution in [0.5, 0.6) is 5.75 Å². The molecule has 3 aromatic rings. The average molecular weight is 583 g/mol. The Morgan fingerprint density at radius 3 is 2.57 bits per heavy atom. The van der Waals surface area contributed by atoms with Crippen LogP contribution in [-0.4, -0.2) is 70.7 Å². The Morgan fingerprint density at radius 1 is 1.17 bits per heavy atom. The number of amides is 1. The van der Waals surface area contributed by atoms with Crippen LogP contribution < -0.4 is 10.5 Å². The fraction of sp³-hybridized carbons (Fsp3) is 0.400. The predicted molar refractivity (Wildman–Crippen MR) is 151 cm³/mol. The van der Waals surface area contributed by atoms with Crippen LogP contribution in [0.2, 0.25) is 0 Å². The molecule has 1 amide bonds. The molecule has 0 bridgehead atoms. The number of alkyl halides is 3. The molecule has 3 heterocycles. The molecule has 1 aliphatic heterocycles. The van der Waals surface area contributed by atoms with Crippen LogP contribution in [0.15, 0.2) is 36.7 Å². The minimum absolute atomic E-state index is 0.0322. The minimum atomic E-state index is -4.73. The Hall–Kier alpha value is -4.21. The summed E-state index contributed by atoms with van der Waals surface area (Å²) >= 11 is 0. The molecule has 12 heteroatoms. The van der Waals surface area contributed by atoms with Gasteiger partial charge in [-0.1, -0.05) is 6.07 Å². The van der Waals surface area contributed by atoms with E-state index in [9.17, 15) is 28.3 Å². The van der Waals surface area contributed by atoms with Crippen molar-refractivity contribution < 1.29 is 27.8 Å². The summed E-state index contributed by atoms with van der Waals surface area (Å²) in [5, 5.41) is 18.6. The molecule has 1 aliphatic rings. The van der Waals surface area contributed by atoms with E-state index in [1.807, 2.05) is 24.9 Å². The normalized spacial score (nSPS) is 14.1. The molecule has 1 aromatic carbocycles. The number of nitriles is 1. The van der Waals surface area contributed by atoms with Gasteiger partial charge in [-0.15, -0.1) is 0 Å². The molecule has 4 rings (SSSR count). The van der Waals surface area contributed by atoms with Crippen molar-refractivity contribution in [3.8, 4) is 22.9 Å². The zero-order chi connectivity index (χ0) is 30.6. The van der Waals surface area contributed by atoms with E-state index in [0.29, 0.717) is 60.7 Å². The van der Waals surface area contributed by atoms with Gasteiger partial charge in [0.2, 0.25) is 0 Å². The van der Waals surface area contributed by atoms with Gasteiger partial charge >= 0.3 is 6.18 Å². The summed E-state index contributed by atoms with van der Waals surface area (Å²) in [5.41, 5.74) is 7.27. The van der Waals surface area contributed by atoms with Gasteiger partial charge in [-0.2, -0.15) is 18.4 Å². The molecule has 2 aromatic heterocycles. The number of nitrogens with zero attached hydrogens (tertiary/aromatic N) is 5. The van der Waals surface area contributed by atoms with E-state index in [-0.39, 0.29) is 41.4 Å². The number of aliphatic hydroxyl groups is 1. The summed E-state index contributed by atoms with van der Waals surface area (Å²) in [6, 6.07) is 7.85.